The fraction of sp³-hybridized carbons (Fsp3) is 0.526. The van der Waals surface area contributed by atoms with E-state index in [1.165, 1.54) is 6.92 Å². The Morgan fingerprint density at radius 2 is 1.81 bits per heavy atom. The standard InChI is InChI=1S/C19H28N2O5/c1-5-12(3)18(19(24)25)21-17(23)11-15(20-13(4)22)14-9-7-8-10-16(14)26-6-2/h7-10,12,15,18H,5-6,11H2,1-4H3,(H,20,22)(H,21,23)(H,24,25). The summed E-state index contributed by atoms with van der Waals surface area (Å²) in [6, 6.07) is 5.58. The van der Waals surface area contributed by atoms with Crippen LogP contribution >= 0.6 is 0 Å². The van der Waals surface area contributed by atoms with Crippen LogP contribution in [0.15, 0.2) is 24.3 Å². The minimum absolute atomic E-state index is 0.0795. The van der Waals surface area contributed by atoms with E-state index in [9.17, 15) is 19.5 Å². The molecule has 0 aromatic heterocycles. The van der Waals surface area contributed by atoms with Gasteiger partial charge in [0, 0.05) is 12.5 Å². The van der Waals surface area contributed by atoms with Crippen molar-refractivity contribution in [2.45, 2.75) is 52.6 Å². The number of para-hydroxylation sites is 1. The highest BCUT2D eigenvalue weighted by molar-refractivity contribution is 5.84. The summed E-state index contributed by atoms with van der Waals surface area (Å²) in [5.74, 6) is -1.42. The molecule has 0 fully saturated rings. The molecular formula is C19H28N2O5. The first-order valence-electron chi connectivity index (χ1n) is 8.81. The number of hydrogen-bond acceptors (Lipinski definition) is 4. The Bertz CT molecular complexity index is 632. The largest absolute Gasteiger partial charge is 0.494 e. The molecule has 1 aromatic rings. The van der Waals surface area contributed by atoms with E-state index in [2.05, 4.69) is 10.6 Å². The molecule has 0 aliphatic heterocycles. The highest BCUT2D eigenvalue weighted by atomic mass is 16.5. The van der Waals surface area contributed by atoms with Crippen molar-refractivity contribution < 1.29 is 24.2 Å². The third kappa shape index (κ3) is 6.38. The molecule has 0 saturated carbocycles. The number of aliphatic carboxylic acids is 1. The number of ether oxygens (including phenoxy) is 1. The Hall–Kier alpha value is -2.57. The van der Waals surface area contributed by atoms with Crippen LogP contribution in [-0.2, 0) is 14.4 Å². The van der Waals surface area contributed by atoms with Crippen LogP contribution in [0.1, 0.15) is 52.1 Å². The van der Waals surface area contributed by atoms with E-state index < -0.39 is 24.0 Å². The number of amides is 2. The third-order valence-corrected chi connectivity index (χ3v) is 4.16. The van der Waals surface area contributed by atoms with Gasteiger partial charge in [0.15, 0.2) is 0 Å². The summed E-state index contributed by atoms with van der Waals surface area (Å²) in [6.45, 7) is 7.30. The van der Waals surface area contributed by atoms with Crippen LogP contribution in [0.4, 0.5) is 0 Å². The first-order chi connectivity index (χ1) is 12.3. The molecule has 3 unspecified atom stereocenters. The molecule has 0 bridgehead atoms. The fourth-order valence-corrected chi connectivity index (χ4v) is 2.64. The molecule has 26 heavy (non-hydrogen) atoms. The van der Waals surface area contributed by atoms with E-state index in [0.717, 1.165) is 0 Å². The summed E-state index contributed by atoms with van der Waals surface area (Å²) in [7, 11) is 0. The summed E-state index contributed by atoms with van der Waals surface area (Å²) < 4.78 is 5.58. The molecule has 1 aromatic carbocycles. The van der Waals surface area contributed by atoms with Crippen molar-refractivity contribution in [1.82, 2.24) is 10.6 Å². The van der Waals surface area contributed by atoms with E-state index in [-0.39, 0.29) is 18.2 Å². The van der Waals surface area contributed by atoms with Crippen LogP contribution < -0.4 is 15.4 Å². The molecule has 0 spiro atoms. The minimum atomic E-state index is -1.07. The van der Waals surface area contributed by atoms with Gasteiger partial charge in [0.05, 0.1) is 19.1 Å². The topological polar surface area (TPSA) is 105 Å². The fourth-order valence-electron chi connectivity index (χ4n) is 2.64. The molecule has 0 aliphatic rings. The number of carboxylic acids is 1. The van der Waals surface area contributed by atoms with Gasteiger partial charge in [-0.2, -0.15) is 0 Å². The third-order valence-electron chi connectivity index (χ3n) is 4.16. The number of carboxylic acid groups (broad SMARTS) is 1. The Balaban J connectivity index is 2.99. The molecule has 7 heteroatoms. The maximum Gasteiger partial charge on any atom is 0.326 e. The molecule has 1 rings (SSSR count). The normalized spacial score (nSPS) is 14.0. The SMILES string of the molecule is CCOc1ccccc1C(CC(=O)NC(C(=O)O)C(C)CC)NC(C)=O. The van der Waals surface area contributed by atoms with Gasteiger partial charge in [-0.15, -0.1) is 0 Å². The number of nitrogens with one attached hydrogen (secondary N) is 2. The van der Waals surface area contributed by atoms with Crippen molar-refractivity contribution >= 4 is 17.8 Å². The van der Waals surface area contributed by atoms with Crippen LogP contribution in [-0.4, -0.2) is 35.5 Å². The van der Waals surface area contributed by atoms with E-state index in [1.54, 1.807) is 25.1 Å². The lowest BCUT2D eigenvalue weighted by Crippen LogP contribution is -2.46. The van der Waals surface area contributed by atoms with Crippen molar-refractivity contribution in [3.63, 3.8) is 0 Å². The highest BCUT2D eigenvalue weighted by Crippen LogP contribution is 2.27. The van der Waals surface area contributed by atoms with Gasteiger partial charge < -0.3 is 20.5 Å². The Kier molecular flexibility index (Phi) is 8.61. The number of carbonyl (C=O) groups is 3. The monoisotopic (exact) mass is 364 g/mol. The van der Waals surface area contributed by atoms with Crippen molar-refractivity contribution in [3.8, 4) is 5.75 Å². The van der Waals surface area contributed by atoms with E-state index in [1.807, 2.05) is 19.9 Å². The molecular weight excluding hydrogens is 336 g/mol. The van der Waals surface area contributed by atoms with Gasteiger partial charge in [0.2, 0.25) is 11.8 Å². The van der Waals surface area contributed by atoms with Crippen LogP contribution in [0, 0.1) is 5.92 Å². The quantitative estimate of drug-likeness (QED) is 0.591. The zero-order valence-electron chi connectivity index (χ0n) is 15.7. The molecule has 0 heterocycles. The second-order valence-corrected chi connectivity index (χ2v) is 6.20. The highest BCUT2D eigenvalue weighted by Gasteiger charge is 2.27. The summed E-state index contributed by atoms with van der Waals surface area (Å²) >= 11 is 0. The summed E-state index contributed by atoms with van der Waals surface area (Å²) in [6.07, 6.45) is 0.545. The van der Waals surface area contributed by atoms with Gasteiger partial charge in [0.25, 0.3) is 0 Å². The lowest BCUT2D eigenvalue weighted by molar-refractivity contribution is -0.143. The number of hydrogen-bond donors (Lipinski definition) is 3. The average molecular weight is 364 g/mol. The molecule has 3 N–H and O–H groups in total. The molecule has 7 nitrogen and oxygen atoms in total. The summed E-state index contributed by atoms with van der Waals surface area (Å²) in [4.78, 5) is 35.4. The maximum atomic E-state index is 12.4. The van der Waals surface area contributed by atoms with Gasteiger partial charge in [-0.1, -0.05) is 38.5 Å². The van der Waals surface area contributed by atoms with Crippen LogP contribution in [0.5, 0.6) is 5.75 Å². The number of benzene rings is 1. The first kappa shape index (κ1) is 21.5. The summed E-state index contributed by atoms with van der Waals surface area (Å²) in [5.41, 5.74) is 0.676. The average Bonchev–Trinajstić information content (AvgIpc) is 2.58. The van der Waals surface area contributed by atoms with Crippen LogP contribution in [0.25, 0.3) is 0 Å². The molecule has 2 amide bonds. The molecule has 0 radical (unpaired) electrons. The van der Waals surface area contributed by atoms with Gasteiger partial charge in [-0.3, -0.25) is 9.59 Å². The molecule has 3 atom stereocenters. The first-order valence-corrected chi connectivity index (χ1v) is 8.81. The van der Waals surface area contributed by atoms with Gasteiger partial charge in [-0.05, 0) is 18.9 Å². The number of rotatable bonds is 10. The van der Waals surface area contributed by atoms with Crippen LogP contribution in [0.3, 0.4) is 0 Å². The lowest BCUT2D eigenvalue weighted by Gasteiger charge is -2.24. The maximum absolute atomic E-state index is 12.4. The molecule has 144 valence electrons. The van der Waals surface area contributed by atoms with Crippen molar-refractivity contribution in [2.24, 2.45) is 5.92 Å². The Morgan fingerprint density at radius 1 is 1.15 bits per heavy atom. The van der Waals surface area contributed by atoms with E-state index in [0.29, 0.717) is 24.3 Å². The van der Waals surface area contributed by atoms with Crippen molar-refractivity contribution in [3.05, 3.63) is 29.8 Å². The molecule has 0 aliphatic carbocycles. The summed E-state index contributed by atoms with van der Waals surface area (Å²) in [5, 5.41) is 14.6. The van der Waals surface area contributed by atoms with Crippen molar-refractivity contribution in [1.29, 1.82) is 0 Å². The lowest BCUT2D eigenvalue weighted by atomic mass is 9.98. The predicted octanol–water partition coefficient (Wildman–Crippen LogP) is 2.27. The minimum Gasteiger partial charge on any atom is -0.494 e. The number of carbonyl (C=O) groups excluding carboxylic acids is 2. The van der Waals surface area contributed by atoms with Gasteiger partial charge in [0.1, 0.15) is 11.8 Å². The predicted molar refractivity (Wildman–Crippen MR) is 97.8 cm³/mol. The Morgan fingerprint density at radius 3 is 2.35 bits per heavy atom. The smallest absolute Gasteiger partial charge is 0.326 e. The molecule has 0 saturated heterocycles. The Labute approximate surface area is 154 Å². The van der Waals surface area contributed by atoms with Gasteiger partial charge in [-0.25, -0.2) is 4.79 Å². The second-order valence-electron chi connectivity index (χ2n) is 6.20. The van der Waals surface area contributed by atoms with Crippen LogP contribution in [0.2, 0.25) is 0 Å². The second kappa shape index (κ2) is 10.4. The van der Waals surface area contributed by atoms with E-state index in [4.69, 9.17) is 4.74 Å². The zero-order valence-corrected chi connectivity index (χ0v) is 15.7. The van der Waals surface area contributed by atoms with Crippen molar-refractivity contribution in [2.75, 3.05) is 6.61 Å². The van der Waals surface area contributed by atoms with Gasteiger partial charge >= 0.3 is 5.97 Å². The zero-order chi connectivity index (χ0) is 19.7. The van der Waals surface area contributed by atoms with E-state index >= 15 is 0 Å².